The molecule has 168 valence electrons. The van der Waals surface area contributed by atoms with Crippen LogP contribution in [0.3, 0.4) is 0 Å². The average Bonchev–Trinajstić information content (AvgIpc) is 3.23. The van der Waals surface area contributed by atoms with E-state index in [4.69, 9.17) is 0 Å². The Kier molecular flexibility index (Phi) is 6.20. The minimum atomic E-state index is -4.78. The molecule has 0 aliphatic carbocycles. The van der Waals surface area contributed by atoms with E-state index < -0.39 is 23.8 Å². The summed E-state index contributed by atoms with van der Waals surface area (Å²) in [5.41, 5.74) is 0.860. The molecular weight excluding hydrogens is 448 g/mol. The number of aromatic nitrogens is 2. The highest BCUT2D eigenvalue weighted by Gasteiger charge is 2.38. The highest BCUT2D eigenvalue weighted by Crippen LogP contribution is 2.32. The Hall–Kier alpha value is -2.92. The van der Waals surface area contributed by atoms with Crippen molar-refractivity contribution in [3.05, 3.63) is 65.8 Å². The third kappa shape index (κ3) is 4.63. The maximum absolute atomic E-state index is 14.9. The Morgan fingerprint density at radius 1 is 1.19 bits per heavy atom. The molecule has 11 heteroatoms. The quantitative estimate of drug-likeness (QED) is 0.390. The summed E-state index contributed by atoms with van der Waals surface area (Å²) in [4.78, 5) is 14.6. The van der Waals surface area contributed by atoms with Gasteiger partial charge in [0.1, 0.15) is 5.82 Å². The molecule has 1 fully saturated rings. The molecule has 2 heterocycles. The van der Waals surface area contributed by atoms with Gasteiger partial charge in [0.05, 0.1) is 12.5 Å². The van der Waals surface area contributed by atoms with Crippen molar-refractivity contribution in [2.45, 2.75) is 12.7 Å². The summed E-state index contributed by atoms with van der Waals surface area (Å²) in [6.07, 6.45) is -2.85. The van der Waals surface area contributed by atoms with Gasteiger partial charge in [-0.2, -0.15) is 13.2 Å². The summed E-state index contributed by atoms with van der Waals surface area (Å²) < 4.78 is 59.6. The molecule has 0 N–H and O–H groups in total. The lowest BCUT2D eigenvalue weighted by molar-refractivity contribution is -0.157. The van der Waals surface area contributed by atoms with Crippen molar-refractivity contribution >= 4 is 23.5 Å². The van der Waals surface area contributed by atoms with E-state index in [9.17, 15) is 22.4 Å². The predicted molar refractivity (Wildman–Crippen MR) is 111 cm³/mol. The van der Waals surface area contributed by atoms with Crippen LogP contribution in [0.4, 0.5) is 23.2 Å². The van der Waals surface area contributed by atoms with Crippen LogP contribution in [0.25, 0.3) is 11.5 Å². The Labute approximate surface area is 185 Å². The summed E-state index contributed by atoms with van der Waals surface area (Å²) in [5, 5.41) is 6.30. The van der Waals surface area contributed by atoms with Gasteiger partial charge in [0.25, 0.3) is 0 Å². The third-order valence-corrected chi connectivity index (χ3v) is 5.90. The second-order valence-electron chi connectivity index (χ2n) is 7.20. The third-order valence-electron chi connectivity index (χ3n) is 5.09. The molecule has 32 heavy (non-hydrogen) atoms. The number of nitrogens with zero attached hydrogens (tertiary/aromatic N) is 4. The first kappa shape index (κ1) is 22.3. The summed E-state index contributed by atoms with van der Waals surface area (Å²) in [7, 11) is 0. The van der Waals surface area contributed by atoms with Gasteiger partial charge in [0.2, 0.25) is 11.8 Å². The Morgan fingerprint density at radius 3 is 2.50 bits per heavy atom. The average molecular weight is 466 g/mol. The van der Waals surface area contributed by atoms with Crippen molar-refractivity contribution in [2.75, 3.05) is 24.2 Å². The second-order valence-corrected chi connectivity index (χ2v) is 8.08. The number of benzene rings is 2. The molecule has 0 atom stereocenters. The van der Waals surface area contributed by atoms with E-state index in [1.165, 1.54) is 17.0 Å². The summed E-state index contributed by atoms with van der Waals surface area (Å²) in [6, 6.07) is 12.8. The molecule has 4 rings (SSSR count). The number of carbonyl (C=O) groups is 1. The highest BCUT2D eigenvalue weighted by molar-refractivity contribution is 7.96. The van der Waals surface area contributed by atoms with Gasteiger partial charge in [0.15, 0.2) is 0 Å². The van der Waals surface area contributed by atoms with Gasteiger partial charge < -0.3 is 9.32 Å². The summed E-state index contributed by atoms with van der Waals surface area (Å²) >= 11 is 1.56. The first-order valence-corrected chi connectivity index (χ1v) is 10.8. The summed E-state index contributed by atoms with van der Waals surface area (Å²) in [6.45, 7) is 1.20. The smallest absolute Gasteiger partial charge is 0.413 e. The van der Waals surface area contributed by atoms with Crippen LogP contribution >= 0.6 is 11.9 Å². The molecule has 1 aromatic heterocycles. The fraction of sp³-hybridized carbons (Fsp3) is 0.286. The molecule has 2 aromatic carbocycles. The zero-order valence-electron chi connectivity index (χ0n) is 16.8. The zero-order chi connectivity index (χ0) is 22.9. The zero-order valence-corrected chi connectivity index (χ0v) is 17.7. The Bertz CT molecular complexity index is 1100. The molecule has 0 bridgehead atoms. The van der Waals surface area contributed by atoms with Gasteiger partial charge in [-0.1, -0.05) is 36.2 Å². The van der Waals surface area contributed by atoms with Crippen molar-refractivity contribution in [1.29, 1.82) is 0 Å². The number of amides is 1. The number of alkyl halides is 3. The van der Waals surface area contributed by atoms with Crippen molar-refractivity contribution in [2.24, 2.45) is 5.92 Å². The molecule has 3 aromatic rings. The standard InChI is InChI=1S/C21H18F4N4O2S/c1-32-28-10-15(11-28)19(30)29(16-5-3-2-4-6-16)12-14-8-7-13(9-17(14)22)18-26-27-20(31-18)21(23,24)25/h2-9,15H,10-12H2,1H3. The molecule has 0 spiro atoms. The number of hydrogen-bond donors (Lipinski definition) is 0. The number of hydrogen-bond acceptors (Lipinski definition) is 6. The number of anilines is 1. The second kappa shape index (κ2) is 8.91. The highest BCUT2D eigenvalue weighted by atomic mass is 32.2. The lowest BCUT2D eigenvalue weighted by Crippen LogP contribution is -2.51. The Morgan fingerprint density at radius 2 is 1.91 bits per heavy atom. The lowest BCUT2D eigenvalue weighted by Gasteiger charge is -2.39. The van der Waals surface area contributed by atoms with E-state index in [0.717, 1.165) is 6.07 Å². The normalized spacial score (nSPS) is 14.9. The number of para-hydroxylation sites is 1. The minimum absolute atomic E-state index is 0.0152. The maximum atomic E-state index is 14.9. The van der Waals surface area contributed by atoms with Crippen LogP contribution in [-0.2, 0) is 17.5 Å². The SMILES string of the molecule is CSN1CC(C(=O)N(Cc2ccc(-c3nnc(C(F)(F)F)o3)cc2F)c2ccccc2)C1. The van der Waals surface area contributed by atoms with E-state index in [-0.39, 0.29) is 29.5 Å². The minimum Gasteiger partial charge on any atom is -0.413 e. The largest absolute Gasteiger partial charge is 0.470 e. The van der Waals surface area contributed by atoms with Crippen LogP contribution in [0.15, 0.2) is 52.9 Å². The molecule has 1 aliphatic heterocycles. The topological polar surface area (TPSA) is 62.5 Å². The fourth-order valence-corrected chi connectivity index (χ4v) is 3.96. The van der Waals surface area contributed by atoms with Crippen LogP contribution in [-0.4, -0.2) is 39.8 Å². The van der Waals surface area contributed by atoms with Gasteiger partial charge >= 0.3 is 12.1 Å². The first-order valence-electron chi connectivity index (χ1n) is 9.61. The number of rotatable bonds is 6. The number of carbonyl (C=O) groups excluding carboxylic acids is 1. The molecule has 1 amide bonds. The van der Waals surface area contributed by atoms with Gasteiger partial charge in [-0.05, 0) is 30.5 Å². The van der Waals surface area contributed by atoms with E-state index in [1.54, 1.807) is 36.2 Å². The van der Waals surface area contributed by atoms with E-state index in [2.05, 4.69) is 18.9 Å². The van der Waals surface area contributed by atoms with Crippen LogP contribution in [0, 0.1) is 11.7 Å². The molecule has 1 saturated heterocycles. The first-order chi connectivity index (χ1) is 15.3. The van der Waals surface area contributed by atoms with Gasteiger partial charge in [-0.15, -0.1) is 10.2 Å². The van der Waals surface area contributed by atoms with Gasteiger partial charge in [-0.3, -0.25) is 4.79 Å². The number of halogens is 4. The van der Waals surface area contributed by atoms with Crippen molar-refractivity contribution in [1.82, 2.24) is 14.5 Å². The van der Waals surface area contributed by atoms with Crippen molar-refractivity contribution in [3.63, 3.8) is 0 Å². The van der Waals surface area contributed by atoms with Crippen LogP contribution < -0.4 is 4.90 Å². The molecule has 6 nitrogen and oxygen atoms in total. The molecule has 1 aliphatic rings. The maximum Gasteiger partial charge on any atom is 0.470 e. The van der Waals surface area contributed by atoms with E-state index in [1.807, 2.05) is 12.3 Å². The Balaban J connectivity index is 1.57. The van der Waals surface area contributed by atoms with Gasteiger partial charge in [-0.25, -0.2) is 8.70 Å². The van der Waals surface area contributed by atoms with E-state index >= 15 is 0 Å². The molecule has 0 unspecified atom stereocenters. The predicted octanol–water partition coefficient (Wildman–Crippen LogP) is 4.64. The molecule has 0 radical (unpaired) electrons. The molecule has 0 saturated carbocycles. The van der Waals surface area contributed by atoms with Crippen molar-refractivity contribution < 1.29 is 26.8 Å². The van der Waals surface area contributed by atoms with Crippen LogP contribution in [0.1, 0.15) is 11.5 Å². The summed E-state index contributed by atoms with van der Waals surface area (Å²) in [5.74, 6) is -2.94. The van der Waals surface area contributed by atoms with Crippen LogP contribution in [0.5, 0.6) is 0 Å². The fourth-order valence-electron chi connectivity index (χ4n) is 3.30. The molecular formula is C21H18F4N4O2S. The lowest BCUT2D eigenvalue weighted by atomic mass is 10.0. The van der Waals surface area contributed by atoms with Crippen LogP contribution in [0.2, 0.25) is 0 Å². The van der Waals surface area contributed by atoms with Crippen molar-refractivity contribution in [3.8, 4) is 11.5 Å². The monoisotopic (exact) mass is 466 g/mol. The van der Waals surface area contributed by atoms with Gasteiger partial charge in [0, 0.05) is 29.9 Å². The van der Waals surface area contributed by atoms with E-state index in [0.29, 0.717) is 18.8 Å².